The highest BCUT2D eigenvalue weighted by Gasteiger charge is 2.36. The zero-order valence-electron chi connectivity index (χ0n) is 11.6. The standard InChI is InChI=1S/C14H20N2O2S2/c1-2-14(8-3-9-14)10-16-20(17,18)12-6-4-11(5-7-12)13(15)19/h4-7,16H,2-3,8-10H2,1H3,(H2,15,19). The van der Waals surface area contributed by atoms with Gasteiger partial charge in [-0.1, -0.05) is 37.7 Å². The molecule has 3 N–H and O–H groups in total. The fourth-order valence-corrected chi connectivity index (χ4v) is 3.76. The van der Waals surface area contributed by atoms with Crippen molar-refractivity contribution < 1.29 is 8.42 Å². The Morgan fingerprint density at radius 3 is 2.35 bits per heavy atom. The van der Waals surface area contributed by atoms with Crippen molar-refractivity contribution in [3.05, 3.63) is 29.8 Å². The molecule has 0 spiro atoms. The highest BCUT2D eigenvalue weighted by Crippen LogP contribution is 2.43. The van der Waals surface area contributed by atoms with Gasteiger partial charge in [-0.25, -0.2) is 13.1 Å². The Bertz CT molecular complexity index is 585. The Morgan fingerprint density at radius 2 is 1.95 bits per heavy atom. The Labute approximate surface area is 125 Å². The van der Waals surface area contributed by atoms with Gasteiger partial charge < -0.3 is 5.73 Å². The summed E-state index contributed by atoms with van der Waals surface area (Å²) in [6.07, 6.45) is 4.41. The minimum atomic E-state index is -3.46. The highest BCUT2D eigenvalue weighted by molar-refractivity contribution is 7.89. The van der Waals surface area contributed by atoms with Gasteiger partial charge in [0.25, 0.3) is 0 Å². The van der Waals surface area contributed by atoms with E-state index in [0.29, 0.717) is 12.1 Å². The number of nitrogens with two attached hydrogens (primary N) is 1. The third-order valence-electron chi connectivity index (χ3n) is 4.25. The molecule has 0 bridgehead atoms. The van der Waals surface area contributed by atoms with Crippen LogP contribution in [0.1, 0.15) is 38.2 Å². The first-order valence-corrected chi connectivity index (χ1v) is 8.67. The minimum Gasteiger partial charge on any atom is -0.389 e. The van der Waals surface area contributed by atoms with Crippen molar-refractivity contribution in [2.24, 2.45) is 11.1 Å². The van der Waals surface area contributed by atoms with Gasteiger partial charge >= 0.3 is 0 Å². The molecule has 20 heavy (non-hydrogen) atoms. The number of benzene rings is 1. The monoisotopic (exact) mass is 312 g/mol. The molecule has 4 nitrogen and oxygen atoms in total. The number of nitrogens with one attached hydrogen (secondary N) is 1. The lowest BCUT2D eigenvalue weighted by Crippen LogP contribution is -2.41. The predicted octanol–water partition coefficient (Wildman–Crippen LogP) is 2.18. The second-order valence-corrected chi connectivity index (χ2v) is 7.63. The van der Waals surface area contributed by atoms with E-state index in [1.54, 1.807) is 12.1 Å². The van der Waals surface area contributed by atoms with Gasteiger partial charge in [-0.05, 0) is 36.8 Å². The summed E-state index contributed by atoms with van der Waals surface area (Å²) in [5, 5.41) is 0. The van der Waals surface area contributed by atoms with Crippen LogP contribution >= 0.6 is 12.2 Å². The fraction of sp³-hybridized carbons (Fsp3) is 0.500. The first-order chi connectivity index (χ1) is 9.38. The second-order valence-electron chi connectivity index (χ2n) is 5.42. The second kappa shape index (κ2) is 5.79. The van der Waals surface area contributed by atoms with Crippen LogP contribution in [0.15, 0.2) is 29.2 Å². The van der Waals surface area contributed by atoms with E-state index in [1.165, 1.54) is 18.6 Å². The van der Waals surface area contributed by atoms with Crippen LogP contribution in [0.25, 0.3) is 0 Å². The normalized spacial score (nSPS) is 17.4. The molecule has 1 aromatic rings. The third-order valence-corrected chi connectivity index (χ3v) is 5.90. The first-order valence-electron chi connectivity index (χ1n) is 6.78. The van der Waals surface area contributed by atoms with Gasteiger partial charge in [0.05, 0.1) is 4.90 Å². The predicted molar refractivity (Wildman–Crippen MR) is 84.1 cm³/mol. The van der Waals surface area contributed by atoms with Gasteiger partial charge in [-0.2, -0.15) is 0 Å². The number of rotatable bonds is 6. The molecule has 0 amide bonds. The zero-order chi connectivity index (χ0) is 14.8. The Kier molecular flexibility index (Phi) is 4.46. The molecule has 1 aliphatic carbocycles. The summed E-state index contributed by atoms with van der Waals surface area (Å²) in [7, 11) is -3.46. The molecule has 0 radical (unpaired) electrons. The first kappa shape index (κ1) is 15.4. The molecule has 0 heterocycles. The van der Waals surface area contributed by atoms with E-state index in [1.807, 2.05) is 0 Å². The Balaban J connectivity index is 2.08. The molecular formula is C14H20N2O2S2. The van der Waals surface area contributed by atoms with Gasteiger partial charge in [0.15, 0.2) is 0 Å². The molecule has 1 aliphatic rings. The van der Waals surface area contributed by atoms with Gasteiger partial charge in [-0.3, -0.25) is 0 Å². The van der Waals surface area contributed by atoms with Crippen molar-refractivity contribution in [1.82, 2.24) is 4.72 Å². The van der Waals surface area contributed by atoms with E-state index in [-0.39, 0.29) is 15.3 Å². The topological polar surface area (TPSA) is 72.2 Å². The van der Waals surface area contributed by atoms with Crippen LogP contribution in [0.2, 0.25) is 0 Å². The summed E-state index contributed by atoms with van der Waals surface area (Å²) < 4.78 is 27.2. The smallest absolute Gasteiger partial charge is 0.240 e. The molecule has 0 atom stereocenters. The van der Waals surface area contributed by atoms with E-state index in [4.69, 9.17) is 18.0 Å². The maximum Gasteiger partial charge on any atom is 0.240 e. The summed E-state index contributed by atoms with van der Waals surface area (Å²) in [6.45, 7) is 2.63. The van der Waals surface area contributed by atoms with Crippen LogP contribution in [-0.4, -0.2) is 20.0 Å². The lowest BCUT2D eigenvalue weighted by Gasteiger charge is -2.41. The molecule has 0 unspecified atom stereocenters. The molecule has 110 valence electrons. The maximum atomic E-state index is 12.2. The molecule has 0 saturated heterocycles. The molecule has 1 aromatic carbocycles. The van der Waals surface area contributed by atoms with Crippen molar-refractivity contribution in [2.45, 2.75) is 37.5 Å². The fourth-order valence-electron chi connectivity index (χ4n) is 2.46. The van der Waals surface area contributed by atoms with Crippen LogP contribution in [0.4, 0.5) is 0 Å². The molecule has 1 fully saturated rings. The van der Waals surface area contributed by atoms with Gasteiger partial charge in [0.1, 0.15) is 4.99 Å². The van der Waals surface area contributed by atoms with Crippen molar-refractivity contribution in [3.8, 4) is 0 Å². The molecule has 2 rings (SSSR count). The average Bonchev–Trinajstić information content (AvgIpc) is 2.38. The highest BCUT2D eigenvalue weighted by atomic mass is 32.2. The number of hydrogen-bond donors (Lipinski definition) is 2. The van der Waals surface area contributed by atoms with Crippen molar-refractivity contribution >= 4 is 27.2 Å². The summed E-state index contributed by atoms with van der Waals surface area (Å²) in [5.41, 5.74) is 6.33. The van der Waals surface area contributed by atoms with Crippen molar-refractivity contribution in [2.75, 3.05) is 6.54 Å². The lowest BCUT2D eigenvalue weighted by molar-refractivity contribution is 0.133. The summed E-state index contributed by atoms with van der Waals surface area (Å²) >= 11 is 4.85. The molecular weight excluding hydrogens is 292 g/mol. The lowest BCUT2D eigenvalue weighted by atomic mass is 9.67. The van der Waals surface area contributed by atoms with Crippen LogP contribution < -0.4 is 10.5 Å². The molecule has 1 saturated carbocycles. The van der Waals surface area contributed by atoms with E-state index in [2.05, 4.69) is 11.6 Å². The summed E-state index contributed by atoms with van der Waals surface area (Å²) in [4.78, 5) is 0.518. The van der Waals surface area contributed by atoms with Gasteiger partial charge in [-0.15, -0.1) is 0 Å². The van der Waals surface area contributed by atoms with Crippen molar-refractivity contribution in [3.63, 3.8) is 0 Å². The van der Waals surface area contributed by atoms with Gasteiger partial charge in [0, 0.05) is 12.1 Å². The number of sulfonamides is 1. The zero-order valence-corrected chi connectivity index (χ0v) is 13.2. The SMILES string of the molecule is CCC1(CNS(=O)(=O)c2ccc(C(N)=S)cc2)CCC1. The number of thiocarbonyl (C=S) groups is 1. The Hall–Kier alpha value is -0.980. The van der Waals surface area contributed by atoms with Crippen LogP contribution in [0.5, 0.6) is 0 Å². The van der Waals surface area contributed by atoms with Crippen LogP contribution in [0, 0.1) is 5.41 Å². The van der Waals surface area contributed by atoms with Crippen LogP contribution in [-0.2, 0) is 10.0 Å². The van der Waals surface area contributed by atoms with E-state index in [0.717, 1.165) is 19.3 Å². The number of hydrogen-bond acceptors (Lipinski definition) is 3. The minimum absolute atomic E-state index is 0.159. The third kappa shape index (κ3) is 3.19. The maximum absolute atomic E-state index is 12.2. The van der Waals surface area contributed by atoms with E-state index >= 15 is 0 Å². The van der Waals surface area contributed by atoms with E-state index in [9.17, 15) is 8.42 Å². The Morgan fingerprint density at radius 1 is 1.35 bits per heavy atom. The van der Waals surface area contributed by atoms with Crippen LogP contribution in [0.3, 0.4) is 0 Å². The summed E-state index contributed by atoms with van der Waals surface area (Å²) in [6, 6.07) is 6.35. The summed E-state index contributed by atoms with van der Waals surface area (Å²) in [5.74, 6) is 0. The van der Waals surface area contributed by atoms with Crippen molar-refractivity contribution in [1.29, 1.82) is 0 Å². The quantitative estimate of drug-likeness (QED) is 0.790. The average molecular weight is 312 g/mol. The van der Waals surface area contributed by atoms with Gasteiger partial charge in [0.2, 0.25) is 10.0 Å². The van der Waals surface area contributed by atoms with E-state index < -0.39 is 10.0 Å². The molecule has 0 aliphatic heterocycles. The largest absolute Gasteiger partial charge is 0.389 e. The molecule has 6 heteroatoms. The molecule has 0 aromatic heterocycles.